The Balaban J connectivity index is 1.72. The molecule has 126 valence electrons. The summed E-state index contributed by atoms with van der Waals surface area (Å²) >= 11 is 0. The summed E-state index contributed by atoms with van der Waals surface area (Å²) in [4.78, 5) is 3.13. The number of benzene rings is 2. The molecule has 0 saturated heterocycles. The maximum atomic E-state index is 13.8. The monoisotopic (exact) mass is 341 g/mol. The van der Waals surface area contributed by atoms with Gasteiger partial charge in [-0.2, -0.15) is 0 Å². The Kier molecular flexibility index (Phi) is 3.63. The van der Waals surface area contributed by atoms with Crippen LogP contribution in [0.1, 0.15) is 11.9 Å². The number of aromatic amines is 1. The fourth-order valence-electron chi connectivity index (χ4n) is 2.73. The van der Waals surface area contributed by atoms with Gasteiger partial charge in [-0.05, 0) is 35.9 Å². The molecule has 2 heterocycles. The van der Waals surface area contributed by atoms with Crippen molar-refractivity contribution in [3.8, 4) is 22.7 Å². The summed E-state index contributed by atoms with van der Waals surface area (Å²) in [5, 5.41) is 18.3. The Labute approximate surface area is 141 Å². The molecule has 0 spiro atoms. The number of hydrogen-bond donors (Lipinski definition) is 3. The third-order valence-corrected chi connectivity index (χ3v) is 4.05. The fourth-order valence-corrected chi connectivity index (χ4v) is 2.73. The minimum Gasteiger partial charge on any atom is -0.451 e. The quantitative estimate of drug-likeness (QED) is 0.485. The van der Waals surface area contributed by atoms with E-state index in [1.807, 2.05) is 0 Å². The molecule has 0 unspecified atom stereocenters. The molecule has 4 rings (SSSR count). The summed E-state index contributed by atoms with van der Waals surface area (Å²) in [6, 6.07) is 13.8. The minimum absolute atomic E-state index is 0.0902. The van der Waals surface area contributed by atoms with E-state index in [9.17, 15) is 8.78 Å². The van der Waals surface area contributed by atoms with E-state index in [0.717, 1.165) is 23.4 Å². The van der Waals surface area contributed by atoms with Crippen molar-refractivity contribution in [2.75, 3.05) is 0 Å². The highest BCUT2D eigenvalue weighted by atomic mass is 19.1. The number of aromatic nitrogens is 1. The van der Waals surface area contributed by atoms with Crippen LogP contribution in [0.2, 0.25) is 0 Å². The lowest BCUT2D eigenvalue weighted by atomic mass is 10.1. The number of nitrogens with one attached hydrogen (secondary N) is 1. The SMILES string of the molecule is OC(O)c1ccc(-c2ccc(-c3cc4c(F)ccc(F)c4o3)[nH]2)cc1. The molecule has 0 fully saturated rings. The highest BCUT2D eigenvalue weighted by molar-refractivity contribution is 5.83. The summed E-state index contributed by atoms with van der Waals surface area (Å²) in [6.07, 6.45) is -1.52. The summed E-state index contributed by atoms with van der Waals surface area (Å²) in [5.41, 5.74) is 2.43. The van der Waals surface area contributed by atoms with Gasteiger partial charge < -0.3 is 19.6 Å². The topological polar surface area (TPSA) is 69.4 Å². The number of H-pyrrole nitrogens is 1. The molecule has 2 aromatic heterocycles. The third kappa shape index (κ3) is 2.71. The largest absolute Gasteiger partial charge is 0.451 e. The van der Waals surface area contributed by atoms with Crippen LogP contribution >= 0.6 is 0 Å². The molecule has 4 nitrogen and oxygen atoms in total. The number of hydrogen-bond acceptors (Lipinski definition) is 3. The van der Waals surface area contributed by atoms with Gasteiger partial charge in [0.25, 0.3) is 0 Å². The Morgan fingerprint density at radius 2 is 1.52 bits per heavy atom. The summed E-state index contributed by atoms with van der Waals surface area (Å²) in [7, 11) is 0. The van der Waals surface area contributed by atoms with Gasteiger partial charge in [-0.1, -0.05) is 24.3 Å². The number of furan rings is 1. The zero-order chi connectivity index (χ0) is 17.6. The zero-order valence-corrected chi connectivity index (χ0v) is 12.8. The van der Waals surface area contributed by atoms with Crippen LogP contribution in [0.15, 0.2) is 59.0 Å². The van der Waals surface area contributed by atoms with Crippen molar-refractivity contribution in [2.24, 2.45) is 0 Å². The average Bonchev–Trinajstić information content (AvgIpc) is 3.26. The van der Waals surface area contributed by atoms with Crippen LogP contribution in [0.3, 0.4) is 0 Å². The number of aliphatic hydroxyl groups excluding tert-OH is 1. The van der Waals surface area contributed by atoms with Crippen LogP contribution in [0.4, 0.5) is 8.78 Å². The molecule has 0 bridgehead atoms. The molecular weight excluding hydrogens is 328 g/mol. The van der Waals surface area contributed by atoms with Gasteiger partial charge in [-0.3, -0.25) is 0 Å². The second-order valence-corrected chi connectivity index (χ2v) is 5.66. The van der Waals surface area contributed by atoms with Gasteiger partial charge in [0, 0.05) is 11.3 Å². The second-order valence-electron chi connectivity index (χ2n) is 5.66. The van der Waals surface area contributed by atoms with Crippen LogP contribution in [-0.4, -0.2) is 15.2 Å². The molecule has 6 heteroatoms. The first-order chi connectivity index (χ1) is 12.0. The number of aliphatic hydroxyl groups is 2. The Morgan fingerprint density at radius 3 is 2.20 bits per heavy atom. The van der Waals surface area contributed by atoms with Crippen LogP contribution < -0.4 is 0 Å². The summed E-state index contributed by atoms with van der Waals surface area (Å²) < 4.78 is 33.0. The van der Waals surface area contributed by atoms with Gasteiger partial charge >= 0.3 is 0 Å². The second kappa shape index (κ2) is 5.84. The fraction of sp³-hybridized carbons (Fsp3) is 0.0526. The van der Waals surface area contributed by atoms with E-state index in [0.29, 0.717) is 17.0 Å². The molecule has 0 radical (unpaired) electrons. The van der Waals surface area contributed by atoms with Crippen LogP contribution in [0, 0.1) is 11.6 Å². The molecule has 0 aliphatic carbocycles. The molecule has 0 aliphatic heterocycles. The third-order valence-electron chi connectivity index (χ3n) is 4.05. The lowest BCUT2D eigenvalue weighted by Crippen LogP contribution is -1.93. The lowest BCUT2D eigenvalue weighted by Gasteiger charge is -2.04. The lowest BCUT2D eigenvalue weighted by molar-refractivity contribution is -0.0424. The standard InChI is InChI=1S/C19H13F2NO3/c20-13-5-6-14(21)18-12(13)9-17(25-18)16-8-7-15(22-16)10-1-3-11(4-2-10)19(23)24/h1-9,19,22-24H. The Hall–Kier alpha value is -2.96. The molecule has 0 saturated carbocycles. The van der Waals surface area contributed by atoms with E-state index in [2.05, 4.69) is 4.98 Å². The van der Waals surface area contributed by atoms with Crippen molar-refractivity contribution in [1.82, 2.24) is 4.98 Å². The van der Waals surface area contributed by atoms with Gasteiger partial charge in [0.1, 0.15) is 5.82 Å². The van der Waals surface area contributed by atoms with Gasteiger partial charge in [0.15, 0.2) is 23.5 Å². The zero-order valence-electron chi connectivity index (χ0n) is 12.8. The molecule has 2 aromatic carbocycles. The molecule has 3 N–H and O–H groups in total. The minimum atomic E-state index is -1.52. The first kappa shape index (κ1) is 15.6. The molecule has 25 heavy (non-hydrogen) atoms. The maximum Gasteiger partial charge on any atom is 0.178 e. The summed E-state index contributed by atoms with van der Waals surface area (Å²) in [5.74, 6) is -0.837. The van der Waals surface area contributed by atoms with Gasteiger partial charge in [-0.15, -0.1) is 0 Å². The number of fused-ring (bicyclic) bond motifs is 1. The normalized spacial score (nSPS) is 11.6. The van der Waals surface area contributed by atoms with E-state index in [-0.39, 0.29) is 11.0 Å². The van der Waals surface area contributed by atoms with Gasteiger partial charge in [0.2, 0.25) is 0 Å². The highest BCUT2D eigenvalue weighted by Crippen LogP contribution is 2.32. The molecule has 0 atom stereocenters. The van der Waals surface area contributed by atoms with Gasteiger partial charge in [-0.25, -0.2) is 8.78 Å². The predicted octanol–water partition coefficient (Wildman–Crippen LogP) is 4.36. The smallest absolute Gasteiger partial charge is 0.178 e. The van der Waals surface area contributed by atoms with Crippen molar-refractivity contribution >= 4 is 11.0 Å². The van der Waals surface area contributed by atoms with E-state index in [1.165, 1.54) is 6.07 Å². The molecular formula is C19H13F2NO3. The van der Waals surface area contributed by atoms with E-state index in [4.69, 9.17) is 14.6 Å². The van der Waals surface area contributed by atoms with Crippen LogP contribution in [-0.2, 0) is 0 Å². The predicted molar refractivity (Wildman–Crippen MR) is 88.5 cm³/mol. The van der Waals surface area contributed by atoms with Crippen molar-refractivity contribution in [3.63, 3.8) is 0 Å². The first-order valence-corrected chi connectivity index (χ1v) is 7.56. The van der Waals surface area contributed by atoms with Crippen molar-refractivity contribution < 1.29 is 23.4 Å². The van der Waals surface area contributed by atoms with Crippen molar-refractivity contribution in [1.29, 1.82) is 0 Å². The highest BCUT2D eigenvalue weighted by Gasteiger charge is 2.15. The summed E-state index contributed by atoms with van der Waals surface area (Å²) in [6.45, 7) is 0. The van der Waals surface area contributed by atoms with E-state index < -0.39 is 17.9 Å². The van der Waals surface area contributed by atoms with E-state index >= 15 is 0 Å². The first-order valence-electron chi connectivity index (χ1n) is 7.56. The van der Waals surface area contributed by atoms with E-state index in [1.54, 1.807) is 36.4 Å². The Morgan fingerprint density at radius 1 is 0.840 bits per heavy atom. The molecule has 4 aromatic rings. The average molecular weight is 341 g/mol. The number of halogens is 2. The van der Waals surface area contributed by atoms with Crippen LogP contribution in [0.5, 0.6) is 0 Å². The van der Waals surface area contributed by atoms with Crippen LogP contribution in [0.25, 0.3) is 33.7 Å². The van der Waals surface area contributed by atoms with Crippen molar-refractivity contribution in [3.05, 3.63) is 71.8 Å². The molecule has 0 aliphatic rings. The van der Waals surface area contributed by atoms with Crippen molar-refractivity contribution in [2.45, 2.75) is 6.29 Å². The Bertz CT molecular complexity index is 1010. The maximum absolute atomic E-state index is 13.8. The number of rotatable bonds is 3. The molecule has 0 amide bonds. The van der Waals surface area contributed by atoms with Gasteiger partial charge in [0.05, 0.1) is 11.1 Å².